The molecule has 1 aliphatic rings. The van der Waals surface area contributed by atoms with Gasteiger partial charge in [-0.15, -0.1) is 0 Å². The van der Waals surface area contributed by atoms with Crippen LogP contribution in [-0.2, 0) is 11.2 Å². The predicted octanol–water partition coefficient (Wildman–Crippen LogP) is 4.25. The van der Waals surface area contributed by atoms with Crippen LogP contribution in [0.4, 0.5) is 0 Å². The van der Waals surface area contributed by atoms with Gasteiger partial charge in [-0.3, -0.25) is 4.79 Å². The zero-order valence-electron chi connectivity index (χ0n) is 13.2. The Kier molecular flexibility index (Phi) is 4.87. The van der Waals surface area contributed by atoms with E-state index in [1.807, 2.05) is 53.4 Å². The van der Waals surface area contributed by atoms with E-state index in [0.717, 1.165) is 41.3 Å². The van der Waals surface area contributed by atoms with Gasteiger partial charge < -0.3 is 9.64 Å². The van der Waals surface area contributed by atoms with Crippen LogP contribution in [0.5, 0.6) is 5.75 Å². The van der Waals surface area contributed by atoms with Crippen LogP contribution in [0, 0.1) is 0 Å². The summed E-state index contributed by atoms with van der Waals surface area (Å²) in [6.45, 7) is 0.816. The molecular weight excluding hydrogens is 310 g/mol. The van der Waals surface area contributed by atoms with Gasteiger partial charge in [0.2, 0.25) is 5.91 Å². The number of carbonyl (C=O) groups excluding carboxylic acids is 1. The highest BCUT2D eigenvalue weighted by atomic mass is 35.5. The molecule has 0 bridgehead atoms. The van der Waals surface area contributed by atoms with Crippen molar-refractivity contribution in [1.82, 2.24) is 4.90 Å². The van der Waals surface area contributed by atoms with Crippen LogP contribution in [0.25, 0.3) is 0 Å². The quantitative estimate of drug-likeness (QED) is 0.839. The number of carbonyl (C=O) groups is 1. The number of hydrogen-bond donors (Lipinski definition) is 0. The van der Waals surface area contributed by atoms with Gasteiger partial charge in [-0.25, -0.2) is 0 Å². The minimum Gasteiger partial charge on any atom is -0.497 e. The number of likely N-dealkylation sites (tertiary alicyclic amines) is 1. The fourth-order valence-corrected chi connectivity index (χ4v) is 3.28. The molecule has 1 saturated heterocycles. The molecule has 0 unspecified atom stereocenters. The molecule has 3 nitrogen and oxygen atoms in total. The van der Waals surface area contributed by atoms with E-state index in [4.69, 9.17) is 16.3 Å². The number of ether oxygens (including phenoxy) is 1. The third-order valence-electron chi connectivity index (χ3n) is 4.32. The number of rotatable bonds is 4. The topological polar surface area (TPSA) is 29.5 Å². The van der Waals surface area contributed by atoms with Crippen molar-refractivity contribution in [2.75, 3.05) is 13.7 Å². The van der Waals surface area contributed by atoms with Gasteiger partial charge in [0, 0.05) is 11.6 Å². The molecular formula is C19H20ClNO2. The van der Waals surface area contributed by atoms with Crippen LogP contribution in [0.1, 0.15) is 30.0 Å². The molecule has 1 heterocycles. The van der Waals surface area contributed by atoms with Crippen LogP contribution < -0.4 is 4.74 Å². The summed E-state index contributed by atoms with van der Waals surface area (Å²) in [4.78, 5) is 14.7. The van der Waals surface area contributed by atoms with Gasteiger partial charge in [-0.2, -0.15) is 0 Å². The first-order valence-corrected chi connectivity index (χ1v) is 8.23. The summed E-state index contributed by atoms with van der Waals surface area (Å²) in [5.41, 5.74) is 2.14. The lowest BCUT2D eigenvalue weighted by Crippen LogP contribution is -2.31. The van der Waals surface area contributed by atoms with Gasteiger partial charge in [0.15, 0.2) is 0 Å². The molecule has 1 fully saturated rings. The number of benzene rings is 2. The van der Waals surface area contributed by atoms with Gasteiger partial charge in [-0.1, -0.05) is 35.9 Å². The molecule has 2 aromatic rings. The van der Waals surface area contributed by atoms with Crippen molar-refractivity contribution in [3.05, 3.63) is 64.7 Å². The summed E-state index contributed by atoms with van der Waals surface area (Å²) >= 11 is 5.96. The first-order valence-electron chi connectivity index (χ1n) is 7.85. The van der Waals surface area contributed by atoms with Crippen LogP contribution >= 0.6 is 11.6 Å². The van der Waals surface area contributed by atoms with E-state index in [1.165, 1.54) is 0 Å². The number of amides is 1. The molecule has 0 saturated carbocycles. The van der Waals surface area contributed by atoms with Crippen molar-refractivity contribution in [2.24, 2.45) is 0 Å². The number of methoxy groups -OCH3 is 1. The minimum atomic E-state index is 0.158. The maximum atomic E-state index is 12.7. The fourth-order valence-electron chi connectivity index (χ4n) is 3.16. The largest absolute Gasteiger partial charge is 0.497 e. The molecule has 0 aliphatic carbocycles. The van der Waals surface area contributed by atoms with Crippen molar-refractivity contribution in [3.8, 4) is 5.75 Å². The molecule has 120 valence electrons. The lowest BCUT2D eigenvalue weighted by atomic mass is 10.0. The average molecular weight is 330 g/mol. The molecule has 0 radical (unpaired) electrons. The van der Waals surface area contributed by atoms with Crippen molar-refractivity contribution in [2.45, 2.75) is 25.3 Å². The van der Waals surface area contributed by atoms with E-state index in [2.05, 4.69) is 0 Å². The maximum absolute atomic E-state index is 12.7. The van der Waals surface area contributed by atoms with E-state index >= 15 is 0 Å². The molecule has 1 atom stereocenters. The number of nitrogens with zero attached hydrogens (tertiary/aromatic N) is 1. The Morgan fingerprint density at radius 1 is 1.26 bits per heavy atom. The molecule has 2 aromatic carbocycles. The Hall–Kier alpha value is -2.00. The molecule has 23 heavy (non-hydrogen) atoms. The SMILES string of the molecule is COc1cccc(CC(=O)N2CCC[C@H]2c2ccc(Cl)cc2)c1. The van der Waals surface area contributed by atoms with Crippen LogP contribution in [0.2, 0.25) is 5.02 Å². The monoisotopic (exact) mass is 329 g/mol. The highest BCUT2D eigenvalue weighted by molar-refractivity contribution is 6.30. The second kappa shape index (κ2) is 7.05. The average Bonchev–Trinajstić information content (AvgIpc) is 3.05. The fraction of sp³-hybridized carbons (Fsp3) is 0.316. The molecule has 1 aliphatic heterocycles. The lowest BCUT2D eigenvalue weighted by molar-refractivity contribution is -0.131. The Morgan fingerprint density at radius 2 is 2.04 bits per heavy atom. The summed E-state index contributed by atoms with van der Waals surface area (Å²) in [6.07, 6.45) is 2.45. The van der Waals surface area contributed by atoms with Crippen LogP contribution in [-0.4, -0.2) is 24.5 Å². The predicted molar refractivity (Wildman–Crippen MR) is 91.8 cm³/mol. The first kappa shape index (κ1) is 15.9. The smallest absolute Gasteiger partial charge is 0.227 e. The third kappa shape index (κ3) is 3.67. The highest BCUT2D eigenvalue weighted by Gasteiger charge is 2.29. The minimum absolute atomic E-state index is 0.158. The Labute approximate surface area is 141 Å². The second-order valence-electron chi connectivity index (χ2n) is 5.83. The van der Waals surface area contributed by atoms with Crippen LogP contribution in [0.3, 0.4) is 0 Å². The normalized spacial score (nSPS) is 17.3. The van der Waals surface area contributed by atoms with E-state index in [0.29, 0.717) is 6.42 Å². The van der Waals surface area contributed by atoms with Crippen molar-refractivity contribution >= 4 is 17.5 Å². The molecule has 0 spiro atoms. The Balaban J connectivity index is 1.74. The maximum Gasteiger partial charge on any atom is 0.227 e. The summed E-state index contributed by atoms with van der Waals surface area (Å²) in [5, 5.41) is 0.723. The van der Waals surface area contributed by atoms with E-state index in [9.17, 15) is 4.79 Å². The third-order valence-corrected chi connectivity index (χ3v) is 4.57. The first-order chi connectivity index (χ1) is 11.2. The van der Waals surface area contributed by atoms with Gasteiger partial charge in [-0.05, 0) is 48.2 Å². The number of hydrogen-bond acceptors (Lipinski definition) is 2. The standard InChI is InChI=1S/C19H20ClNO2/c1-23-17-5-2-4-14(12-17)13-19(22)21-11-3-6-18(21)15-7-9-16(20)10-8-15/h2,4-5,7-10,12,18H,3,6,11,13H2,1H3/t18-/m0/s1. The molecule has 0 N–H and O–H groups in total. The molecule has 0 aromatic heterocycles. The van der Waals surface area contributed by atoms with E-state index in [-0.39, 0.29) is 11.9 Å². The van der Waals surface area contributed by atoms with E-state index < -0.39 is 0 Å². The van der Waals surface area contributed by atoms with E-state index in [1.54, 1.807) is 7.11 Å². The Morgan fingerprint density at radius 3 is 2.78 bits per heavy atom. The zero-order valence-corrected chi connectivity index (χ0v) is 13.9. The second-order valence-corrected chi connectivity index (χ2v) is 6.26. The summed E-state index contributed by atoms with van der Waals surface area (Å²) < 4.78 is 5.23. The van der Waals surface area contributed by atoms with Crippen molar-refractivity contribution in [1.29, 1.82) is 0 Å². The van der Waals surface area contributed by atoms with Gasteiger partial charge in [0.1, 0.15) is 5.75 Å². The molecule has 3 rings (SSSR count). The van der Waals surface area contributed by atoms with Gasteiger partial charge in [0.05, 0.1) is 19.6 Å². The lowest BCUT2D eigenvalue weighted by Gasteiger charge is -2.25. The van der Waals surface area contributed by atoms with Crippen molar-refractivity contribution in [3.63, 3.8) is 0 Å². The summed E-state index contributed by atoms with van der Waals surface area (Å²) in [5.74, 6) is 0.946. The summed E-state index contributed by atoms with van der Waals surface area (Å²) in [7, 11) is 1.64. The summed E-state index contributed by atoms with van der Waals surface area (Å²) in [6, 6.07) is 15.7. The number of halogens is 1. The van der Waals surface area contributed by atoms with Gasteiger partial charge >= 0.3 is 0 Å². The van der Waals surface area contributed by atoms with Gasteiger partial charge in [0.25, 0.3) is 0 Å². The molecule has 1 amide bonds. The zero-order chi connectivity index (χ0) is 16.2. The van der Waals surface area contributed by atoms with Crippen LogP contribution in [0.15, 0.2) is 48.5 Å². The van der Waals surface area contributed by atoms with Crippen molar-refractivity contribution < 1.29 is 9.53 Å². The Bertz CT molecular complexity index is 684. The molecule has 4 heteroatoms. The highest BCUT2D eigenvalue weighted by Crippen LogP contribution is 2.33.